The van der Waals surface area contributed by atoms with Gasteiger partial charge in [0.05, 0.1) is 10.5 Å². The molecule has 0 bridgehead atoms. The molecule has 2 aromatic carbocycles. The molecule has 3 rings (SSSR count). The molecule has 150 valence electrons. The SMILES string of the molecule is CC(C)Sc1ccccc1C(=O)Nc1ccc(S(=O)(=O)Nc2ncccn2)cc1. The van der Waals surface area contributed by atoms with Gasteiger partial charge in [0.25, 0.3) is 15.9 Å². The highest BCUT2D eigenvalue weighted by molar-refractivity contribution is 8.00. The van der Waals surface area contributed by atoms with Gasteiger partial charge in [0, 0.05) is 28.2 Å². The molecular weight excluding hydrogens is 408 g/mol. The molecule has 1 aromatic heterocycles. The van der Waals surface area contributed by atoms with Gasteiger partial charge in [0.2, 0.25) is 5.95 Å². The van der Waals surface area contributed by atoms with E-state index in [0.29, 0.717) is 16.5 Å². The van der Waals surface area contributed by atoms with E-state index in [9.17, 15) is 13.2 Å². The van der Waals surface area contributed by atoms with E-state index in [-0.39, 0.29) is 16.8 Å². The number of carbonyl (C=O) groups excluding carboxylic acids is 1. The first-order valence-electron chi connectivity index (χ1n) is 8.82. The Morgan fingerprint density at radius 1 is 0.966 bits per heavy atom. The monoisotopic (exact) mass is 428 g/mol. The molecule has 0 aliphatic rings. The van der Waals surface area contributed by atoms with E-state index in [1.54, 1.807) is 23.9 Å². The molecule has 2 N–H and O–H groups in total. The number of hydrogen-bond acceptors (Lipinski definition) is 6. The molecule has 1 heterocycles. The molecule has 1 amide bonds. The van der Waals surface area contributed by atoms with Crippen molar-refractivity contribution in [3.63, 3.8) is 0 Å². The van der Waals surface area contributed by atoms with Crippen LogP contribution in [0.5, 0.6) is 0 Å². The normalized spacial score (nSPS) is 11.3. The van der Waals surface area contributed by atoms with Crippen LogP contribution < -0.4 is 10.0 Å². The average Bonchev–Trinajstić information content (AvgIpc) is 2.69. The highest BCUT2D eigenvalue weighted by Gasteiger charge is 2.16. The number of sulfonamides is 1. The van der Waals surface area contributed by atoms with Crippen molar-refractivity contribution < 1.29 is 13.2 Å². The zero-order valence-electron chi connectivity index (χ0n) is 15.9. The zero-order valence-corrected chi connectivity index (χ0v) is 17.5. The molecule has 0 saturated carbocycles. The minimum Gasteiger partial charge on any atom is -0.322 e. The van der Waals surface area contributed by atoms with Gasteiger partial charge in [-0.15, -0.1) is 11.8 Å². The van der Waals surface area contributed by atoms with Crippen LogP contribution in [-0.2, 0) is 10.0 Å². The van der Waals surface area contributed by atoms with Gasteiger partial charge in [-0.3, -0.25) is 4.79 Å². The second-order valence-electron chi connectivity index (χ2n) is 6.32. The van der Waals surface area contributed by atoms with Crippen LogP contribution in [0.4, 0.5) is 11.6 Å². The third kappa shape index (κ3) is 5.55. The number of anilines is 2. The lowest BCUT2D eigenvalue weighted by atomic mass is 10.2. The molecule has 0 unspecified atom stereocenters. The Morgan fingerprint density at radius 3 is 2.28 bits per heavy atom. The number of amides is 1. The number of nitrogens with one attached hydrogen (secondary N) is 2. The Balaban J connectivity index is 1.73. The van der Waals surface area contributed by atoms with Gasteiger partial charge in [-0.2, -0.15) is 0 Å². The van der Waals surface area contributed by atoms with E-state index in [2.05, 4.69) is 33.9 Å². The van der Waals surface area contributed by atoms with Crippen LogP contribution in [0.1, 0.15) is 24.2 Å². The third-order valence-electron chi connectivity index (χ3n) is 3.71. The van der Waals surface area contributed by atoms with E-state index in [0.717, 1.165) is 4.90 Å². The molecule has 0 fully saturated rings. The minimum absolute atomic E-state index is 0.0101. The summed E-state index contributed by atoms with van der Waals surface area (Å²) in [5, 5.41) is 3.15. The first-order chi connectivity index (χ1) is 13.8. The van der Waals surface area contributed by atoms with E-state index >= 15 is 0 Å². The molecule has 0 atom stereocenters. The zero-order chi connectivity index (χ0) is 20.9. The van der Waals surface area contributed by atoms with Gasteiger partial charge in [-0.25, -0.2) is 23.1 Å². The first kappa shape index (κ1) is 20.8. The topological polar surface area (TPSA) is 101 Å². The molecule has 0 radical (unpaired) electrons. The molecule has 0 aliphatic heterocycles. The Kier molecular flexibility index (Phi) is 6.50. The molecular formula is C20H20N4O3S2. The maximum absolute atomic E-state index is 12.7. The van der Waals surface area contributed by atoms with Crippen molar-refractivity contribution in [3.05, 3.63) is 72.6 Å². The summed E-state index contributed by atoms with van der Waals surface area (Å²) in [6, 6.07) is 14.9. The fourth-order valence-electron chi connectivity index (χ4n) is 2.46. The van der Waals surface area contributed by atoms with Crippen LogP contribution in [0.15, 0.2) is 76.8 Å². The molecule has 9 heteroatoms. The lowest BCUT2D eigenvalue weighted by Gasteiger charge is -2.12. The summed E-state index contributed by atoms with van der Waals surface area (Å²) in [5.41, 5.74) is 1.07. The van der Waals surface area contributed by atoms with Crippen molar-refractivity contribution in [1.82, 2.24) is 9.97 Å². The smallest absolute Gasteiger partial charge is 0.264 e. The van der Waals surface area contributed by atoms with Crippen molar-refractivity contribution in [1.29, 1.82) is 0 Å². The van der Waals surface area contributed by atoms with Crippen molar-refractivity contribution >= 4 is 39.3 Å². The highest BCUT2D eigenvalue weighted by Crippen LogP contribution is 2.27. The van der Waals surface area contributed by atoms with Crippen molar-refractivity contribution in [2.24, 2.45) is 0 Å². The lowest BCUT2D eigenvalue weighted by Crippen LogP contribution is -2.15. The van der Waals surface area contributed by atoms with Crippen LogP contribution in [-0.4, -0.2) is 29.5 Å². The number of rotatable bonds is 7. The number of carbonyl (C=O) groups is 1. The third-order valence-corrected chi connectivity index (χ3v) is 6.13. The van der Waals surface area contributed by atoms with Crippen molar-refractivity contribution in [2.45, 2.75) is 28.9 Å². The van der Waals surface area contributed by atoms with Crippen molar-refractivity contribution in [3.8, 4) is 0 Å². The predicted octanol–water partition coefficient (Wildman–Crippen LogP) is 4.03. The Morgan fingerprint density at radius 2 is 1.62 bits per heavy atom. The highest BCUT2D eigenvalue weighted by atomic mass is 32.2. The summed E-state index contributed by atoms with van der Waals surface area (Å²) in [6.07, 6.45) is 2.89. The molecule has 0 saturated heterocycles. The van der Waals surface area contributed by atoms with E-state index in [1.165, 1.54) is 36.7 Å². The largest absolute Gasteiger partial charge is 0.322 e. The second-order valence-corrected chi connectivity index (χ2v) is 9.62. The fourth-order valence-corrected chi connectivity index (χ4v) is 4.37. The quantitative estimate of drug-likeness (QED) is 0.551. The lowest BCUT2D eigenvalue weighted by molar-refractivity contribution is 0.102. The van der Waals surface area contributed by atoms with Gasteiger partial charge >= 0.3 is 0 Å². The Bertz CT molecular complexity index is 1090. The summed E-state index contributed by atoms with van der Waals surface area (Å²) in [6.45, 7) is 4.13. The van der Waals surface area contributed by atoms with Gasteiger partial charge in [0.15, 0.2) is 0 Å². The van der Waals surface area contributed by atoms with Crippen LogP contribution >= 0.6 is 11.8 Å². The van der Waals surface area contributed by atoms with Crippen LogP contribution in [0.25, 0.3) is 0 Å². The fraction of sp³-hybridized carbons (Fsp3) is 0.150. The first-order valence-corrected chi connectivity index (χ1v) is 11.2. The maximum Gasteiger partial charge on any atom is 0.264 e. The number of nitrogens with zero attached hydrogens (tertiary/aromatic N) is 2. The Labute approximate surface area is 174 Å². The molecule has 29 heavy (non-hydrogen) atoms. The van der Waals surface area contributed by atoms with E-state index in [1.807, 2.05) is 18.2 Å². The maximum atomic E-state index is 12.7. The van der Waals surface area contributed by atoms with Gasteiger partial charge < -0.3 is 5.32 Å². The van der Waals surface area contributed by atoms with Crippen molar-refractivity contribution in [2.75, 3.05) is 10.0 Å². The second kappa shape index (κ2) is 9.06. The molecule has 3 aromatic rings. The number of aromatic nitrogens is 2. The molecule has 0 aliphatic carbocycles. The molecule has 0 spiro atoms. The number of thioether (sulfide) groups is 1. The average molecular weight is 429 g/mol. The number of hydrogen-bond donors (Lipinski definition) is 2. The standard InChI is InChI=1S/C20H20N4O3S2/c1-14(2)28-18-7-4-3-6-17(18)19(25)23-15-8-10-16(11-9-15)29(26,27)24-20-21-12-5-13-22-20/h3-14H,1-2H3,(H,23,25)(H,21,22,24). The van der Waals surface area contributed by atoms with Crippen LogP contribution in [0.3, 0.4) is 0 Å². The minimum atomic E-state index is -3.82. The van der Waals surface area contributed by atoms with Gasteiger partial charge in [-0.1, -0.05) is 26.0 Å². The van der Waals surface area contributed by atoms with Crippen LogP contribution in [0, 0.1) is 0 Å². The van der Waals surface area contributed by atoms with Gasteiger partial charge in [0.1, 0.15) is 0 Å². The summed E-state index contributed by atoms with van der Waals surface area (Å²) in [7, 11) is -3.82. The van der Waals surface area contributed by atoms with Gasteiger partial charge in [-0.05, 0) is 42.5 Å². The summed E-state index contributed by atoms with van der Waals surface area (Å²) >= 11 is 1.61. The van der Waals surface area contributed by atoms with E-state index < -0.39 is 10.0 Å². The molecule has 7 nitrogen and oxygen atoms in total. The summed E-state index contributed by atoms with van der Waals surface area (Å²) in [4.78, 5) is 21.3. The van der Waals surface area contributed by atoms with E-state index in [4.69, 9.17) is 0 Å². The summed E-state index contributed by atoms with van der Waals surface area (Å²) in [5.74, 6) is -0.260. The van der Waals surface area contributed by atoms with Crippen LogP contribution in [0.2, 0.25) is 0 Å². The number of benzene rings is 2. The summed E-state index contributed by atoms with van der Waals surface area (Å²) < 4.78 is 27.2. The predicted molar refractivity (Wildman–Crippen MR) is 115 cm³/mol. The Hall–Kier alpha value is -2.91.